The second-order valence-corrected chi connectivity index (χ2v) is 3.84. The van der Waals surface area contributed by atoms with Crippen molar-refractivity contribution in [1.82, 2.24) is 0 Å². The standard InChI is InChI=1S/C12H9ClN2O3/c13-10-6-5-9(18-10)12(17)15-8-4-2-1-3-7(8)11(14)16/h1-6H,(H2,14,16)(H,15,17). The molecule has 6 heteroatoms. The molecule has 2 amide bonds. The quantitative estimate of drug-likeness (QED) is 0.892. The molecule has 0 saturated heterocycles. The number of carbonyl (C=O) groups excluding carboxylic acids is 2. The molecule has 2 rings (SSSR count). The van der Waals surface area contributed by atoms with Gasteiger partial charge in [-0.3, -0.25) is 9.59 Å². The van der Waals surface area contributed by atoms with Crippen molar-refractivity contribution in [3.63, 3.8) is 0 Å². The Kier molecular flexibility index (Phi) is 3.34. The molecule has 0 atom stereocenters. The second-order valence-electron chi connectivity index (χ2n) is 3.47. The van der Waals surface area contributed by atoms with E-state index in [0.29, 0.717) is 5.69 Å². The summed E-state index contributed by atoms with van der Waals surface area (Å²) in [6, 6.07) is 9.31. The highest BCUT2D eigenvalue weighted by Gasteiger charge is 2.14. The molecule has 0 unspecified atom stereocenters. The number of nitrogens with two attached hydrogens (primary N) is 1. The molecule has 1 aromatic carbocycles. The van der Waals surface area contributed by atoms with Crippen LogP contribution in [0.3, 0.4) is 0 Å². The van der Waals surface area contributed by atoms with E-state index in [0.717, 1.165) is 0 Å². The lowest BCUT2D eigenvalue weighted by molar-refractivity contribution is 0.0997. The lowest BCUT2D eigenvalue weighted by Gasteiger charge is -2.06. The smallest absolute Gasteiger partial charge is 0.291 e. The zero-order valence-electron chi connectivity index (χ0n) is 9.14. The highest BCUT2D eigenvalue weighted by Crippen LogP contribution is 2.18. The molecule has 0 aliphatic rings. The number of para-hydroxylation sites is 1. The molecule has 1 aromatic heterocycles. The van der Waals surface area contributed by atoms with Gasteiger partial charge < -0.3 is 15.5 Å². The van der Waals surface area contributed by atoms with Gasteiger partial charge in [0.25, 0.3) is 11.8 Å². The topological polar surface area (TPSA) is 85.3 Å². The van der Waals surface area contributed by atoms with Crippen LogP contribution in [0.2, 0.25) is 5.22 Å². The SMILES string of the molecule is NC(=O)c1ccccc1NC(=O)c1ccc(Cl)o1. The molecule has 5 nitrogen and oxygen atoms in total. The third-order valence-corrected chi connectivity index (χ3v) is 2.44. The fourth-order valence-corrected chi connectivity index (χ4v) is 1.57. The molecule has 0 aliphatic carbocycles. The summed E-state index contributed by atoms with van der Waals surface area (Å²) in [5.74, 6) is -1.07. The van der Waals surface area contributed by atoms with Gasteiger partial charge >= 0.3 is 0 Å². The van der Waals surface area contributed by atoms with Crippen molar-refractivity contribution in [3.8, 4) is 0 Å². The Bertz CT molecular complexity index is 607. The van der Waals surface area contributed by atoms with Crippen molar-refractivity contribution in [2.75, 3.05) is 5.32 Å². The lowest BCUT2D eigenvalue weighted by atomic mass is 10.1. The Morgan fingerprint density at radius 1 is 1.17 bits per heavy atom. The minimum atomic E-state index is -0.622. The van der Waals surface area contributed by atoms with Crippen LogP contribution in [0.5, 0.6) is 0 Å². The zero-order chi connectivity index (χ0) is 13.1. The van der Waals surface area contributed by atoms with E-state index in [2.05, 4.69) is 5.32 Å². The molecular weight excluding hydrogens is 256 g/mol. The van der Waals surface area contributed by atoms with Gasteiger partial charge in [0, 0.05) is 0 Å². The number of nitrogens with one attached hydrogen (secondary N) is 1. The van der Waals surface area contributed by atoms with Crippen LogP contribution in [0.4, 0.5) is 5.69 Å². The van der Waals surface area contributed by atoms with Crippen LogP contribution < -0.4 is 11.1 Å². The predicted molar refractivity (Wildman–Crippen MR) is 66.6 cm³/mol. The van der Waals surface area contributed by atoms with Crippen LogP contribution in [0.25, 0.3) is 0 Å². The summed E-state index contributed by atoms with van der Waals surface area (Å²) in [6.45, 7) is 0. The van der Waals surface area contributed by atoms with Gasteiger partial charge in [-0.1, -0.05) is 12.1 Å². The van der Waals surface area contributed by atoms with E-state index in [-0.39, 0.29) is 16.5 Å². The molecule has 3 N–H and O–H groups in total. The number of anilines is 1. The molecular formula is C12H9ClN2O3. The van der Waals surface area contributed by atoms with Crippen LogP contribution in [0.15, 0.2) is 40.8 Å². The van der Waals surface area contributed by atoms with E-state index in [9.17, 15) is 9.59 Å². The van der Waals surface area contributed by atoms with Gasteiger partial charge in [0.1, 0.15) is 0 Å². The largest absolute Gasteiger partial charge is 0.440 e. The van der Waals surface area contributed by atoms with Crippen molar-refractivity contribution < 1.29 is 14.0 Å². The van der Waals surface area contributed by atoms with E-state index >= 15 is 0 Å². The van der Waals surface area contributed by atoms with E-state index in [1.165, 1.54) is 18.2 Å². The van der Waals surface area contributed by atoms with Gasteiger partial charge in [-0.2, -0.15) is 0 Å². The maximum atomic E-state index is 11.8. The van der Waals surface area contributed by atoms with Crippen LogP contribution in [-0.2, 0) is 0 Å². The monoisotopic (exact) mass is 264 g/mol. The fraction of sp³-hybridized carbons (Fsp3) is 0. The van der Waals surface area contributed by atoms with Gasteiger partial charge in [-0.05, 0) is 35.9 Å². The Labute approximate surface area is 108 Å². The van der Waals surface area contributed by atoms with Gasteiger partial charge in [0.2, 0.25) is 0 Å². The summed E-state index contributed by atoms with van der Waals surface area (Å²) in [7, 11) is 0. The first-order valence-corrected chi connectivity index (χ1v) is 5.41. The number of hydrogen-bond acceptors (Lipinski definition) is 3. The minimum absolute atomic E-state index is 0.0549. The molecule has 92 valence electrons. The highest BCUT2D eigenvalue weighted by molar-refractivity contribution is 6.29. The molecule has 0 saturated carbocycles. The molecule has 1 heterocycles. The van der Waals surface area contributed by atoms with Crippen LogP contribution in [-0.4, -0.2) is 11.8 Å². The number of hydrogen-bond donors (Lipinski definition) is 2. The van der Waals surface area contributed by atoms with Gasteiger partial charge in [0.15, 0.2) is 11.0 Å². The average molecular weight is 265 g/mol. The van der Waals surface area contributed by atoms with Crippen molar-refractivity contribution in [2.24, 2.45) is 5.73 Å². The number of carbonyl (C=O) groups is 2. The molecule has 0 bridgehead atoms. The summed E-state index contributed by atoms with van der Waals surface area (Å²) in [5, 5.41) is 2.64. The van der Waals surface area contributed by atoms with Crippen molar-refractivity contribution in [1.29, 1.82) is 0 Å². The fourth-order valence-electron chi connectivity index (χ4n) is 1.43. The Hall–Kier alpha value is -2.27. The van der Waals surface area contributed by atoms with E-state index in [1.807, 2.05) is 0 Å². The number of amides is 2. The first kappa shape index (κ1) is 12.2. The summed E-state index contributed by atoms with van der Waals surface area (Å²) in [6.07, 6.45) is 0. The van der Waals surface area contributed by atoms with Crippen molar-refractivity contribution >= 4 is 29.1 Å². The lowest BCUT2D eigenvalue weighted by Crippen LogP contribution is -2.17. The summed E-state index contributed by atoms with van der Waals surface area (Å²) in [5.41, 5.74) is 5.75. The first-order valence-electron chi connectivity index (χ1n) is 5.03. The van der Waals surface area contributed by atoms with Gasteiger partial charge in [-0.25, -0.2) is 0 Å². The second kappa shape index (κ2) is 4.93. The number of benzene rings is 1. The van der Waals surface area contributed by atoms with Crippen molar-refractivity contribution in [3.05, 3.63) is 52.9 Å². The Morgan fingerprint density at radius 2 is 1.89 bits per heavy atom. The van der Waals surface area contributed by atoms with E-state index in [1.54, 1.807) is 18.2 Å². The summed E-state index contributed by atoms with van der Waals surface area (Å²) >= 11 is 5.57. The van der Waals surface area contributed by atoms with Crippen molar-refractivity contribution in [2.45, 2.75) is 0 Å². The highest BCUT2D eigenvalue weighted by atomic mass is 35.5. The number of rotatable bonds is 3. The first-order chi connectivity index (χ1) is 8.58. The maximum absolute atomic E-state index is 11.8. The van der Waals surface area contributed by atoms with Gasteiger partial charge in [0.05, 0.1) is 11.3 Å². The van der Waals surface area contributed by atoms with E-state index in [4.69, 9.17) is 21.8 Å². The Balaban J connectivity index is 2.24. The number of primary amides is 1. The number of furan rings is 1. The summed E-state index contributed by atoms with van der Waals surface area (Å²) < 4.78 is 4.96. The molecule has 0 aliphatic heterocycles. The third kappa shape index (κ3) is 2.52. The van der Waals surface area contributed by atoms with Crippen LogP contribution in [0.1, 0.15) is 20.9 Å². The van der Waals surface area contributed by atoms with Gasteiger partial charge in [-0.15, -0.1) is 0 Å². The molecule has 0 spiro atoms. The summed E-state index contributed by atoms with van der Waals surface area (Å²) in [4.78, 5) is 23.0. The maximum Gasteiger partial charge on any atom is 0.291 e. The normalized spacial score (nSPS) is 10.1. The van der Waals surface area contributed by atoms with E-state index < -0.39 is 11.8 Å². The Morgan fingerprint density at radius 3 is 2.50 bits per heavy atom. The van der Waals surface area contributed by atoms with Crippen LogP contribution in [0, 0.1) is 0 Å². The van der Waals surface area contributed by atoms with Crippen LogP contribution >= 0.6 is 11.6 Å². The zero-order valence-corrected chi connectivity index (χ0v) is 9.90. The molecule has 0 fully saturated rings. The predicted octanol–water partition coefficient (Wildman–Crippen LogP) is 2.28. The average Bonchev–Trinajstić information content (AvgIpc) is 2.76. The molecule has 2 aromatic rings. The molecule has 0 radical (unpaired) electrons. The minimum Gasteiger partial charge on any atom is -0.440 e. The number of halogens is 1. The molecule has 18 heavy (non-hydrogen) atoms. The third-order valence-electron chi connectivity index (χ3n) is 2.24.